The summed E-state index contributed by atoms with van der Waals surface area (Å²) in [6, 6.07) is 95.0. The molecule has 21 heteroatoms. The van der Waals surface area contributed by atoms with E-state index in [1.165, 1.54) is 22.3 Å². The van der Waals surface area contributed by atoms with Crippen molar-refractivity contribution in [3.63, 3.8) is 0 Å². The maximum atomic E-state index is 6.22. The average Bonchev–Trinajstić information content (AvgIpc) is 1.55. The van der Waals surface area contributed by atoms with E-state index in [-0.39, 0.29) is 0 Å². The summed E-state index contributed by atoms with van der Waals surface area (Å²) in [6.45, 7) is 4.61. The molecule has 718 valence electrons. The molecule has 8 aromatic heterocycles. The number of aromatic amines is 8. The van der Waals surface area contributed by atoms with E-state index in [2.05, 4.69) is 283 Å². The van der Waals surface area contributed by atoms with E-state index in [0.29, 0.717) is 69.0 Å². The highest BCUT2D eigenvalue weighted by atomic mass is 16.6. The van der Waals surface area contributed by atoms with Crippen LogP contribution < -0.4 is 105 Å². The molecule has 0 fully saturated rings. The van der Waals surface area contributed by atoms with Crippen molar-refractivity contribution < 1.29 is 56.8 Å². The Morgan fingerprint density at radius 1 is 0.254 bits per heavy atom. The fourth-order valence-corrected chi connectivity index (χ4v) is 21.2. The number of benzene rings is 9. The van der Waals surface area contributed by atoms with Crippen LogP contribution in [0.3, 0.4) is 0 Å². The van der Waals surface area contributed by atoms with Crippen LogP contribution >= 0.6 is 0 Å². The molecule has 0 saturated carbocycles. The van der Waals surface area contributed by atoms with Crippen LogP contribution in [0.2, 0.25) is 0 Å². The van der Waals surface area contributed by atoms with Crippen molar-refractivity contribution >= 4 is 68.2 Å². The number of ether oxygens (including phenoxy) is 12. The van der Waals surface area contributed by atoms with E-state index in [9.17, 15) is 0 Å². The summed E-state index contributed by atoms with van der Waals surface area (Å²) < 4.78 is 73.3. The fourth-order valence-electron chi connectivity index (χ4n) is 21.2. The van der Waals surface area contributed by atoms with Crippen molar-refractivity contribution in [3.8, 4) is 80.1 Å². The predicted molar refractivity (Wildman–Crippen MR) is 564 cm³/mol. The predicted octanol–water partition coefficient (Wildman–Crippen LogP) is 19.9. The standard InChI is InChI=1S/C121H117N9O12/c1-15-17-19-27-59-121(60-28-20-18-16-2)87-61-73(111-93-51-55-99(126-93)113(75-63-103(131-3)117(139-11)104(64-75)132-4)91-45-38-79(122-91)71-80-39-46-92(123-80)114(100-56-52-94(111)127-100)76-65-105(133-5)118(140-12)106(66-76)134-6)36-43-84(87)85-44-37-74(62-88(85)121)112-95-53-57-101(128-95)115(77-67-107(135-7)119(141-13)108(68-77)136-8)97-49-47-89(124-97)86(42-35-72-33-40-83(41-34-72)130(81-29-23-21-24-30-81)82-31-25-22-26-32-82)90-48-50-98(125-90)116(102-58-54-96(112)129-102)78-69-109(137-9)120(142-14)110(70-78)138-10/h21-26,29-58,61-71,122-129H,15-20,27-28,59-60H2,1-14H3/b42-35+,79-71?,80-71?,89-86?,90-86?,111-93?,111-94?,112-95?,112-96?,113-91?,113-99?,114-92?,114-100?,115-97?,115-101?,116-98?,116-102?. The molecular formula is C121H117N9O12. The Kier molecular flexibility index (Phi) is 26.5. The van der Waals surface area contributed by atoms with Crippen molar-refractivity contribution in [2.45, 2.75) is 83.5 Å². The molecule has 142 heavy (non-hydrogen) atoms. The zero-order chi connectivity index (χ0) is 97.8. The minimum Gasteiger partial charge on any atom is -0.493 e. The lowest BCUT2D eigenvalue weighted by Gasteiger charge is -2.33. The summed E-state index contributed by atoms with van der Waals surface area (Å²) in [5.74, 6) is 6.05. The molecule has 20 rings (SSSR count). The third-order valence-electron chi connectivity index (χ3n) is 27.9. The second kappa shape index (κ2) is 40.4. The van der Waals surface area contributed by atoms with E-state index < -0.39 is 5.41 Å². The van der Waals surface area contributed by atoms with Crippen molar-refractivity contribution in [1.82, 2.24) is 39.9 Å². The number of hydrogen-bond donors (Lipinski definition) is 8. The number of rotatable bonds is 33. The van der Waals surface area contributed by atoms with Crippen LogP contribution in [0, 0.1) is 0 Å². The van der Waals surface area contributed by atoms with E-state index in [1.807, 2.05) is 60.7 Å². The zero-order valence-electron chi connectivity index (χ0n) is 82.6. The van der Waals surface area contributed by atoms with Gasteiger partial charge in [-0.2, -0.15) is 0 Å². The molecule has 0 spiro atoms. The van der Waals surface area contributed by atoms with Crippen LogP contribution in [0.5, 0.6) is 69.0 Å². The largest absolute Gasteiger partial charge is 0.493 e. The number of methoxy groups -OCH3 is 12. The van der Waals surface area contributed by atoms with Crippen LogP contribution in [0.4, 0.5) is 17.1 Å². The first kappa shape index (κ1) is 93.0. The Bertz CT molecular complexity index is 8040. The monoisotopic (exact) mass is 1890 g/mol. The molecule has 0 atom stereocenters. The lowest BCUT2D eigenvalue weighted by atomic mass is 9.70. The zero-order valence-corrected chi connectivity index (χ0v) is 82.6. The van der Waals surface area contributed by atoms with Crippen LogP contribution in [-0.4, -0.2) is 125 Å². The first-order valence-corrected chi connectivity index (χ1v) is 48.4. The van der Waals surface area contributed by atoms with E-state index >= 15 is 0 Å². The Hall–Kier alpha value is -16.7. The summed E-state index contributed by atoms with van der Waals surface area (Å²) >= 11 is 0. The number of nitrogens with one attached hydrogen (secondary N) is 8. The summed E-state index contributed by atoms with van der Waals surface area (Å²) in [7, 11) is 19.8. The summed E-state index contributed by atoms with van der Waals surface area (Å²) in [4.78, 5) is 34.4. The van der Waals surface area contributed by atoms with E-state index in [4.69, 9.17) is 56.8 Å². The van der Waals surface area contributed by atoms with Gasteiger partial charge in [-0.1, -0.05) is 150 Å². The quantitative estimate of drug-likeness (QED) is 0.0179. The molecule has 8 N–H and O–H groups in total. The van der Waals surface area contributed by atoms with Gasteiger partial charge in [-0.3, -0.25) is 0 Å². The molecule has 9 aromatic carbocycles. The van der Waals surface area contributed by atoms with Gasteiger partial charge in [0, 0.05) is 150 Å². The lowest BCUT2D eigenvalue weighted by Crippen LogP contribution is -2.26. The fraction of sp³-hybridized carbons (Fsp3) is 0.207. The topological polar surface area (TPSA) is 240 Å². The van der Waals surface area contributed by atoms with Gasteiger partial charge in [0.15, 0.2) is 46.0 Å². The lowest BCUT2D eigenvalue weighted by molar-refractivity contribution is 0.324. The van der Waals surface area contributed by atoms with Gasteiger partial charge in [0.05, 0.1) is 85.3 Å². The number of unbranched alkanes of at least 4 members (excludes halogenated alkanes) is 6. The molecular weight excluding hydrogens is 1770 g/mol. The number of para-hydroxylation sites is 2. The molecule has 0 amide bonds. The van der Waals surface area contributed by atoms with Gasteiger partial charge in [0.2, 0.25) is 23.0 Å². The normalized spacial score (nSPS) is 13.0. The van der Waals surface area contributed by atoms with Crippen molar-refractivity contribution in [1.29, 1.82) is 0 Å². The molecule has 3 aliphatic rings. The van der Waals surface area contributed by atoms with E-state index in [0.717, 1.165) is 248 Å². The second-order valence-electron chi connectivity index (χ2n) is 36.0. The van der Waals surface area contributed by atoms with Gasteiger partial charge in [0.1, 0.15) is 0 Å². The number of H-pyrrole nitrogens is 8. The Labute approximate surface area is 825 Å². The van der Waals surface area contributed by atoms with E-state index in [1.54, 1.807) is 85.3 Å². The Morgan fingerprint density at radius 3 is 0.937 bits per heavy atom. The molecule has 16 bridgehead atoms. The SMILES string of the molecule is CCCCCCC1(CCCCCC)c2cc(C3=c4ccc([nH]4)=C(c4cc(OC)c(OC)c(OC)c4)c4ccc([nH]4)C=c4ccc([nH]4)=C(c4cc(OC)c(OC)c(OC)c4)c4ccc3[nH]4)ccc2-c2ccc(C3=c4ccc([nH]4)=C(c4cc(OC)c(OC)c(OC)c4)c4ccc([nH]4)C(/C=C/c4ccc(N(c5ccccc5)c5ccccc5)cc4)=c4ccc([nH]4)=C(c4cc(OC)c(OC)c(OC)c4)c4ccc3[nH]4)cc21. The van der Waals surface area contributed by atoms with Crippen LogP contribution in [0.25, 0.3) is 62.3 Å². The summed E-state index contributed by atoms with van der Waals surface area (Å²) in [6.07, 6.45) is 16.9. The highest BCUT2D eigenvalue weighted by molar-refractivity contribution is 5.93. The van der Waals surface area contributed by atoms with Crippen molar-refractivity contribution in [3.05, 3.63) is 411 Å². The highest BCUT2D eigenvalue weighted by Crippen LogP contribution is 2.57. The maximum Gasteiger partial charge on any atom is 0.203 e. The first-order chi connectivity index (χ1) is 69.7. The second-order valence-corrected chi connectivity index (χ2v) is 36.0. The number of anilines is 3. The first-order valence-electron chi connectivity index (χ1n) is 48.4. The molecule has 2 aliphatic heterocycles. The van der Waals surface area contributed by atoms with Crippen LogP contribution in [-0.2, 0) is 5.41 Å². The van der Waals surface area contributed by atoms with Gasteiger partial charge in [-0.25, -0.2) is 0 Å². The summed E-state index contributed by atoms with van der Waals surface area (Å²) in [5.41, 5.74) is 27.1. The Morgan fingerprint density at radius 2 is 0.570 bits per heavy atom. The molecule has 0 saturated heterocycles. The number of fused-ring (bicyclic) bond motifs is 19. The van der Waals surface area contributed by atoms with Gasteiger partial charge in [-0.15, -0.1) is 0 Å². The van der Waals surface area contributed by atoms with Crippen molar-refractivity contribution in [2.75, 3.05) is 90.2 Å². The van der Waals surface area contributed by atoms with Gasteiger partial charge < -0.3 is 102 Å². The van der Waals surface area contributed by atoms with Crippen LogP contribution in [0.1, 0.15) is 174 Å². The number of allylic oxidation sites excluding steroid dienone is 1. The third-order valence-corrected chi connectivity index (χ3v) is 27.9. The van der Waals surface area contributed by atoms with Gasteiger partial charge in [-0.05, 0) is 274 Å². The molecule has 10 heterocycles. The molecule has 0 radical (unpaired) electrons. The molecule has 21 nitrogen and oxygen atoms in total. The van der Waals surface area contributed by atoms with Crippen molar-refractivity contribution in [2.24, 2.45) is 0 Å². The minimum absolute atomic E-state index is 0.476. The maximum absolute atomic E-state index is 6.22. The number of hydrogen-bond acceptors (Lipinski definition) is 13. The van der Waals surface area contributed by atoms with Gasteiger partial charge in [0.25, 0.3) is 0 Å². The van der Waals surface area contributed by atoms with Gasteiger partial charge >= 0.3 is 0 Å². The molecule has 1 aliphatic carbocycles. The number of nitrogens with zero attached hydrogens (tertiary/aromatic N) is 1. The number of aromatic nitrogens is 8. The smallest absolute Gasteiger partial charge is 0.203 e. The minimum atomic E-state index is -0.492. The van der Waals surface area contributed by atoms with Crippen LogP contribution in [0.15, 0.2) is 273 Å². The average molecular weight is 1890 g/mol. The molecule has 17 aromatic rings. The third kappa shape index (κ3) is 17.3. The Balaban J connectivity index is 0.818. The summed E-state index contributed by atoms with van der Waals surface area (Å²) in [5, 5.41) is 6.82. The molecule has 0 unspecified atom stereocenters. The highest BCUT2D eigenvalue weighted by Gasteiger charge is 2.44.